The summed E-state index contributed by atoms with van der Waals surface area (Å²) in [5, 5.41) is 10.5. The average Bonchev–Trinajstić information content (AvgIpc) is 3.01. The van der Waals surface area contributed by atoms with Crippen LogP contribution < -0.4 is 10.0 Å². The van der Waals surface area contributed by atoms with Gasteiger partial charge in [0.25, 0.3) is 0 Å². The van der Waals surface area contributed by atoms with E-state index in [-0.39, 0.29) is 6.54 Å². The number of sulfonamides is 1. The van der Waals surface area contributed by atoms with Gasteiger partial charge in [0.1, 0.15) is 4.21 Å². The van der Waals surface area contributed by atoms with Crippen LogP contribution in [0.5, 0.6) is 0 Å². The highest BCUT2D eigenvalue weighted by atomic mass is 32.2. The molecule has 2 aromatic heterocycles. The number of hydrogen-bond donors (Lipinski definition) is 2. The largest absolute Gasteiger partial charge is 0.315 e. The highest BCUT2D eigenvalue weighted by Gasteiger charge is 2.18. The highest BCUT2D eigenvalue weighted by Crippen LogP contribution is 2.25. The molecule has 0 unspecified atom stereocenters. The zero-order valence-corrected chi connectivity index (χ0v) is 13.0. The lowest BCUT2D eigenvalue weighted by Gasteiger charge is -2.04. The summed E-state index contributed by atoms with van der Waals surface area (Å²) in [6.45, 7) is 3.32. The number of nitrogens with zero attached hydrogens (tertiary/aromatic N) is 3. The normalized spacial score (nSPS) is 11.9. The van der Waals surface area contributed by atoms with E-state index in [0.29, 0.717) is 17.3 Å². The summed E-state index contributed by atoms with van der Waals surface area (Å²) in [6, 6.07) is 1.70. The minimum Gasteiger partial charge on any atom is -0.315 e. The Kier molecular flexibility index (Phi) is 4.86. The molecule has 0 saturated heterocycles. The third-order valence-electron chi connectivity index (χ3n) is 2.71. The van der Waals surface area contributed by atoms with Gasteiger partial charge in [0.2, 0.25) is 10.0 Å². The molecule has 0 spiro atoms. The first-order chi connectivity index (χ1) is 9.53. The second-order valence-corrected chi connectivity index (χ2v) is 7.40. The van der Waals surface area contributed by atoms with Crippen molar-refractivity contribution in [2.45, 2.75) is 24.2 Å². The SMILES string of the molecule is CNCc1sc(S(=O)(=O)NCCn2ccnn2)cc1C. The first-order valence-electron chi connectivity index (χ1n) is 6.10. The van der Waals surface area contributed by atoms with Crippen molar-refractivity contribution in [1.29, 1.82) is 0 Å². The predicted octanol–water partition coefficient (Wildman–Crippen LogP) is 0.346. The lowest BCUT2D eigenvalue weighted by atomic mass is 10.3. The van der Waals surface area contributed by atoms with Crippen LogP contribution in [0.25, 0.3) is 0 Å². The van der Waals surface area contributed by atoms with E-state index >= 15 is 0 Å². The van der Waals surface area contributed by atoms with Crippen molar-refractivity contribution in [2.24, 2.45) is 0 Å². The number of hydrogen-bond acceptors (Lipinski definition) is 6. The molecule has 0 aliphatic heterocycles. The smallest absolute Gasteiger partial charge is 0.250 e. The fraction of sp³-hybridized carbons (Fsp3) is 0.455. The van der Waals surface area contributed by atoms with Crippen LogP contribution in [0.15, 0.2) is 22.7 Å². The summed E-state index contributed by atoms with van der Waals surface area (Å²) >= 11 is 1.29. The van der Waals surface area contributed by atoms with Crippen LogP contribution in [-0.4, -0.2) is 37.0 Å². The van der Waals surface area contributed by atoms with E-state index in [1.807, 2.05) is 14.0 Å². The Bertz CT molecular complexity index is 648. The van der Waals surface area contributed by atoms with Crippen molar-refractivity contribution in [3.05, 3.63) is 28.9 Å². The van der Waals surface area contributed by atoms with E-state index in [1.165, 1.54) is 11.3 Å². The van der Waals surface area contributed by atoms with Gasteiger partial charge in [0.15, 0.2) is 0 Å². The van der Waals surface area contributed by atoms with Gasteiger partial charge < -0.3 is 5.32 Å². The summed E-state index contributed by atoms with van der Waals surface area (Å²) < 4.78 is 28.8. The van der Waals surface area contributed by atoms with Crippen molar-refractivity contribution in [1.82, 2.24) is 25.0 Å². The summed E-state index contributed by atoms with van der Waals surface area (Å²) in [5.74, 6) is 0. The van der Waals surface area contributed by atoms with Crippen LogP contribution in [0.1, 0.15) is 10.4 Å². The first-order valence-corrected chi connectivity index (χ1v) is 8.40. The molecular weight excluding hydrogens is 298 g/mol. The molecule has 0 atom stereocenters. The second-order valence-electron chi connectivity index (χ2n) is 4.27. The third kappa shape index (κ3) is 3.63. The molecule has 0 aliphatic carbocycles. The maximum atomic E-state index is 12.2. The molecule has 2 heterocycles. The van der Waals surface area contributed by atoms with E-state index in [2.05, 4.69) is 20.4 Å². The van der Waals surface area contributed by atoms with Crippen molar-refractivity contribution in [2.75, 3.05) is 13.6 Å². The number of aromatic nitrogens is 3. The molecule has 2 N–H and O–H groups in total. The molecular formula is C11H17N5O2S2. The lowest BCUT2D eigenvalue weighted by Crippen LogP contribution is -2.27. The maximum Gasteiger partial charge on any atom is 0.250 e. The fourth-order valence-electron chi connectivity index (χ4n) is 1.67. The Morgan fingerprint density at radius 2 is 2.25 bits per heavy atom. The molecule has 0 aromatic carbocycles. The van der Waals surface area contributed by atoms with Crippen LogP contribution in [0.4, 0.5) is 0 Å². The molecule has 0 amide bonds. The van der Waals surface area contributed by atoms with E-state index in [0.717, 1.165) is 10.4 Å². The van der Waals surface area contributed by atoms with Crippen LogP contribution >= 0.6 is 11.3 Å². The molecule has 2 aromatic rings. The molecule has 9 heteroatoms. The van der Waals surface area contributed by atoms with Crippen molar-refractivity contribution < 1.29 is 8.42 Å². The zero-order valence-electron chi connectivity index (χ0n) is 11.3. The standard InChI is InChI=1S/C11H17N5O2S2/c1-9-7-11(19-10(9)8-12-2)20(17,18)14-4-6-16-5-3-13-15-16/h3,5,7,12,14H,4,6,8H2,1-2H3. The Morgan fingerprint density at radius 3 is 2.90 bits per heavy atom. The molecule has 0 fully saturated rings. The van der Waals surface area contributed by atoms with Crippen LogP contribution in [-0.2, 0) is 23.1 Å². The van der Waals surface area contributed by atoms with Gasteiger partial charge >= 0.3 is 0 Å². The average molecular weight is 315 g/mol. The molecule has 0 aliphatic rings. The minimum absolute atomic E-state index is 0.282. The van der Waals surface area contributed by atoms with Gasteiger partial charge in [-0.15, -0.1) is 16.4 Å². The quantitative estimate of drug-likeness (QED) is 0.769. The summed E-state index contributed by atoms with van der Waals surface area (Å²) in [5.41, 5.74) is 0.987. The van der Waals surface area contributed by atoms with Crippen molar-refractivity contribution >= 4 is 21.4 Å². The van der Waals surface area contributed by atoms with Gasteiger partial charge in [-0.25, -0.2) is 13.1 Å². The molecule has 7 nitrogen and oxygen atoms in total. The maximum absolute atomic E-state index is 12.2. The minimum atomic E-state index is -3.45. The Labute approximate surface area is 122 Å². The number of rotatable bonds is 7. The number of thiophene rings is 1. The molecule has 0 bridgehead atoms. The molecule has 110 valence electrons. The summed E-state index contributed by atoms with van der Waals surface area (Å²) in [4.78, 5) is 1.03. The molecule has 2 rings (SSSR count). The van der Waals surface area contributed by atoms with E-state index in [9.17, 15) is 8.42 Å². The van der Waals surface area contributed by atoms with Gasteiger partial charge in [-0.05, 0) is 25.6 Å². The Hall–Kier alpha value is -1.29. The van der Waals surface area contributed by atoms with Gasteiger partial charge in [-0.3, -0.25) is 4.68 Å². The zero-order chi connectivity index (χ0) is 14.6. The van der Waals surface area contributed by atoms with E-state index < -0.39 is 10.0 Å². The highest BCUT2D eigenvalue weighted by molar-refractivity contribution is 7.91. The Balaban J connectivity index is 2.00. The molecule has 20 heavy (non-hydrogen) atoms. The van der Waals surface area contributed by atoms with Gasteiger partial charge in [0, 0.05) is 24.2 Å². The van der Waals surface area contributed by atoms with Crippen LogP contribution in [0.3, 0.4) is 0 Å². The molecule has 0 saturated carbocycles. The summed E-state index contributed by atoms with van der Waals surface area (Å²) in [6.07, 6.45) is 3.25. The van der Waals surface area contributed by atoms with Crippen molar-refractivity contribution in [3.63, 3.8) is 0 Å². The van der Waals surface area contributed by atoms with Crippen LogP contribution in [0, 0.1) is 6.92 Å². The second kappa shape index (κ2) is 6.44. The fourth-order valence-corrected chi connectivity index (χ4v) is 4.34. The van der Waals surface area contributed by atoms with Gasteiger partial charge in [-0.2, -0.15) is 0 Å². The Morgan fingerprint density at radius 1 is 1.45 bits per heavy atom. The monoisotopic (exact) mass is 315 g/mol. The first kappa shape index (κ1) is 15.1. The molecule has 0 radical (unpaired) electrons. The topological polar surface area (TPSA) is 88.9 Å². The number of nitrogens with one attached hydrogen (secondary N) is 2. The van der Waals surface area contributed by atoms with Crippen molar-refractivity contribution in [3.8, 4) is 0 Å². The summed E-state index contributed by atoms with van der Waals surface area (Å²) in [7, 11) is -1.62. The van der Waals surface area contributed by atoms with Crippen LogP contribution in [0.2, 0.25) is 0 Å². The van der Waals surface area contributed by atoms with E-state index in [4.69, 9.17) is 0 Å². The number of aryl methyl sites for hydroxylation is 1. The third-order valence-corrected chi connectivity index (χ3v) is 5.88. The van der Waals surface area contributed by atoms with Gasteiger partial charge in [0.05, 0.1) is 12.7 Å². The van der Waals surface area contributed by atoms with Gasteiger partial charge in [-0.1, -0.05) is 5.21 Å². The predicted molar refractivity (Wildman–Crippen MR) is 77.0 cm³/mol. The lowest BCUT2D eigenvalue weighted by molar-refractivity contribution is 0.554. The van der Waals surface area contributed by atoms with E-state index in [1.54, 1.807) is 23.1 Å².